The van der Waals surface area contributed by atoms with Crippen molar-refractivity contribution in [1.29, 1.82) is 0 Å². The summed E-state index contributed by atoms with van der Waals surface area (Å²) in [5.41, 5.74) is 2.00. The molecular formula is C31H36F2N8O2. The number of anilines is 1. The number of H-pyrrole nitrogens is 1. The number of ether oxygens (including phenoxy) is 2. The first kappa shape index (κ1) is 27.9. The number of methoxy groups -OCH3 is 1. The van der Waals surface area contributed by atoms with E-state index >= 15 is 4.39 Å². The molecule has 7 rings (SSSR count). The molecule has 0 saturated carbocycles. The molecule has 0 amide bonds. The molecule has 0 bridgehead atoms. The third-order valence-corrected chi connectivity index (χ3v) is 9.27. The summed E-state index contributed by atoms with van der Waals surface area (Å²) in [5.74, 6) is 0.124. The lowest BCUT2D eigenvalue weighted by atomic mass is 9.95. The van der Waals surface area contributed by atoms with E-state index < -0.39 is 17.5 Å². The SMILES string of the molecule is C=CCC1CNCCN1c1nc(OCC23CCCN2C[C@H](F)C3)nc2c(F)c(-c3c(C)ccc4[nH]ncc34)nc(OC)c12. The number of hydrogen-bond acceptors (Lipinski definition) is 9. The predicted octanol–water partition coefficient (Wildman–Crippen LogP) is 4.33. The molecule has 4 aromatic rings. The van der Waals surface area contributed by atoms with E-state index in [1.807, 2.05) is 25.1 Å². The molecule has 226 valence electrons. The molecule has 10 nitrogen and oxygen atoms in total. The zero-order chi connectivity index (χ0) is 29.7. The maximum atomic E-state index is 16.9. The van der Waals surface area contributed by atoms with Gasteiger partial charge in [0.2, 0.25) is 5.88 Å². The quantitative estimate of drug-likeness (QED) is 0.290. The molecule has 0 spiro atoms. The van der Waals surface area contributed by atoms with Crippen LogP contribution in [-0.2, 0) is 0 Å². The fourth-order valence-electron chi connectivity index (χ4n) is 7.22. The Bertz CT molecular complexity index is 1700. The highest BCUT2D eigenvalue weighted by atomic mass is 19.1. The maximum Gasteiger partial charge on any atom is 0.319 e. The summed E-state index contributed by atoms with van der Waals surface area (Å²) in [5, 5.41) is 11.7. The Morgan fingerprint density at radius 1 is 1.23 bits per heavy atom. The summed E-state index contributed by atoms with van der Waals surface area (Å²) in [4.78, 5) is 18.6. The van der Waals surface area contributed by atoms with Gasteiger partial charge in [0.1, 0.15) is 35.2 Å². The number of benzene rings is 1. The van der Waals surface area contributed by atoms with Crippen molar-refractivity contribution in [3.05, 3.63) is 42.4 Å². The zero-order valence-electron chi connectivity index (χ0n) is 24.5. The summed E-state index contributed by atoms with van der Waals surface area (Å²) in [6.45, 7) is 9.41. The maximum absolute atomic E-state index is 16.9. The average Bonchev–Trinajstić information content (AvgIpc) is 3.71. The lowest BCUT2D eigenvalue weighted by molar-refractivity contribution is 0.107. The lowest BCUT2D eigenvalue weighted by Crippen LogP contribution is -2.51. The summed E-state index contributed by atoms with van der Waals surface area (Å²) < 4.78 is 43.5. The van der Waals surface area contributed by atoms with Gasteiger partial charge in [0.25, 0.3) is 0 Å². The number of nitrogens with zero attached hydrogens (tertiary/aromatic N) is 6. The van der Waals surface area contributed by atoms with Crippen LogP contribution >= 0.6 is 0 Å². The number of halogens is 2. The molecule has 6 heterocycles. The molecule has 12 heteroatoms. The molecule has 3 saturated heterocycles. The van der Waals surface area contributed by atoms with Gasteiger partial charge < -0.3 is 19.7 Å². The van der Waals surface area contributed by atoms with Crippen molar-refractivity contribution in [2.75, 3.05) is 51.3 Å². The highest BCUT2D eigenvalue weighted by molar-refractivity contribution is 6.01. The van der Waals surface area contributed by atoms with E-state index in [0.717, 1.165) is 42.4 Å². The third kappa shape index (κ3) is 4.67. The van der Waals surface area contributed by atoms with Crippen LogP contribution in [0.5, 0.6) is 11.9 Å². The second kappa shape index (κ2) is 11.0. The topological polar surface area (TPSA) is 104 Å². The van der Waals surface area contributed by atoms with Crippen LogP contribution in [0.4, 0.5) is 14.6 Å². The van der Waals surface area contributed by atoms with Gasteiger partial charge in [-0.15, -0.1) is 6.58 Å². The van der Waals surface area contributed by atoms with Gasteiger partial charge in [-0.05, 0) is 44.4 Å². The Balaban J connectivity index is 1.41. The number of pyridine rings is 1. The van der Waals surface area contributed by atoms with Crippen LogP contribution in [0, 0.1) is 12.7 Å². The normalized spacial score (nSPS) is 24.1. The summed E-state index contributed by atoms with van der Waals surface area (Å²) in [7, 11) is 1.52. The van der Waals surface area contributed by atoms with E-state index in [4.69, 9.17) is 19.4 Å². The van der Waals surface area contributed by atoms with Gasteiger partial charge in [-0.3, -0.25) is 10.00 Å². The van der Waals surface area contributed by atoms with Crippen LogP contribution in [0.3, 0.4) is 0 Å². The number of aromatic nitrogens is 5. The highest BCUT2D eigenvalue weighted by Gasteiger charge is 2.49. The fraction of sp³-hybridized carbons (Fsp3) is 0.484. The average molecular weight is 591 g/mol. The molecule has 1 aromatic carbocycles. The van der Waals surface area contributed by atoms with Crippen molar-refractivity contribution in [2.45, 2.75) is 50.4 Å². The second-order valence-electron chi connectivity index (χ2n) is 11.9. The molecule has 3 aliphatic rings. The van der Waals surface area contributed by atoms with Gasteiger partial charge in [-0.2, -0.15) is 15.1 Å². The zero-order valence-corrected chi connectivity index (χ0v) is 24.5. The summed E-state index contributed by atoms with van der Waals surface area (Å²) in [6.07, 6.45) is 5.60. The Morgan fingerprint density at radius 3 is 2.95 bits per heavy atom. The number of rotatable bonds is 8. The minimum absolute atomic E-state index is 0.0256. The fourth-order valence-corrected chi connectivity index (χ4v) is 7.22. The molecule has 3 aromatic heterocycles. The smallest absolute Gasteiger partial charge is 0.319 e. The van der Waals surface area contributed by atoms with E-state index in [1.165, 1.54) is 7.11 Å². The van der Waals surface area contributed by atoms with Crippen molar-refractivity contribution in [1.82, 2.24) is 35.4 Å². The van der Waals surface area contributed by atoms with Crippen molar-refractivity contribution in [2.24, 2.45) is 0 Å². The number of fused-ring (bicyclic) bond motifs is 3. The van der Waals surface area contributed by atoms with Crippen molar-refractivity contribution in [3.8, 4) is 23.1 Å². The number of aromatic amines is 1. The van der Waals surface area contributed by atoms with Crippen LogP contribution in [0.1, 0.15) is 31.2 Å². The minimum Gasteiger partial charge on any atom is -0.480 e. The van der Waals surface area contributed by atoms with Gasteiger partial charge in [-0.25, -0.2) is 13.8 Å². The Hall–Kier alpha value is -3.90. The minimum atomic E-state index is -0.887. The number of piperazine rings is 1. The number of aryl methyl sites for hydroxylation is 1. The first-order valence-corrected chi connectivity index (χ1v) is 14.9. The van der Waals surface area contributed by atoms with Gasteiger partial charge in [0.05, 0.1) is 24.4 Å². The lowest BCUT2D eigenvalue weighted by Gasteiger charge is -2.37. The van der Waals surface area contributed by atoms with Crippen molar-refractivity contribution in [3.63, 3.8) is 0 Å². The van der Waals surface area contributed by atoms with Gasteiger partial charge in [0.15, 0.2) is 5.82 Å². The second-order valence-corrected chi connectivity index (χ2v) is 11.9. The Morgan fingerprint density at radius 2 is 2.12 bits per heavy atom. The molecule has 0 aliphatic carbocycles. The first-order chi connectivity index (χ1) is 20.9. The van der Waals surface area contributed by atoms with Crippen LogP contribution in [0.2, 0.25) is 0 Å². The van der Waals surface area contributed by atoms with Crippen LogP contribution in [0.25, 0.3) is 33.1 Å². The number of nitrogens with one attached hydrogen (secondary N) is 2. The molecule has 3 aliphatic heterocycles. The van der Waals surface area contributed by atoms with E-state index in [-0.39, 0.29) is 35.7 Å². The number of alkyl halides is 1. The molecule has 43 heavy (non-hydrogen) atoms. The van der Waals surface area contributed by atoms with E-state index in [2.05, 4.69) is 36.9 Å². The van der Waals surface area contributed by atoms with Crippen LogP contribution < -0.4 is 19.7 Å². The monoisotopic (exact) mass is 590 g/mol. The Kier molecular flexibility index (Phi) is 7.13. The molecule has 0 radical (unpaired) electrons. The van der Waals surface area contributed by atoms with Crippen LogP contribution in [-0.4, -0.2) is 94.2 Å². The largest absolute Gasteiger partial charge is 0.480 e. The first-order valence-electron chi connectivity index (χ1n) is 14.9. The standard InChI is InChI=1S/C31H36F2N8O2/c1-4-6-20-14-34-10-12-41(20)28-24-27(37-30(38-28)43-17-31-9-5-11-40(31)16-19(32)13-31)25(33)26(36-29(24)42-3)23-18(2)7-8-22-21(23)15-35-39-22/h4,7-8,15,19-20,34H,1,5-6,9-14,16-17H2,2-3H3,(H,35,39)/t19-,20?,31?/m1/s1. The van der Waals surface area contributed by atoms with Gasteiger partial charge in [-0.1, -0.05) is 12.1 Å². The molecular weight excluding hydrogens is 554 g/mol. The molecule has 3 atom stereocenters. The molecule has 2 unspecified atom stereocenters. The van der Waals surface area contributed by atoms with E-state index in [0.29, 0.717) is 49.2 Å². The molecule has 2 N–H and O–H groups in total. The van der Waals surface area contributed by atoms with Gasteiger partial charge in [0, 0.05) is 49.6 Å². The van der Waals surface area contributed by atoms with Crippen molar-refractivity contribution >= 4 is 27.6 Å². The van der Waals surface area contributed by atoms with Crippen LogP contribution in [0.15, 0.2) is 31.0 Å². The summed E-state index contributed by atoms with van der Waals surface area (Å²) in [6, 6.07) is 3.89. The van der Waals surface area contributed by atoms with Gasteiger partial charge >= 0.3 is 6.01 Å². The third-order valence-electron chi connectivity index (χ3n) is 9.27. The molecule has 3 fully saturated rings. The Labute approximate surface area is 248 Å². The van der Waals surface area contributed by atoms with E-state index in [9.17, 15) is 4.39 Å². The van der Waals surface area contributed by atoms with Crippen molar-refractivity contribution < 1.29 is 18.3 Å². The predicted molar refractivity (Wildman–Crippen MR) is 161 cm³/mol. The summed E-state index contributed by atoms with van der Waals surface area (Å²) >= 11 is 0. The van der Waals surface area contributed by atoms with E-state index in [1.54, 1.807) is 6.20 Å². The number of hydrogen-bond donors (Lipinski definition) is 2. The highest BCUT2D eigenvalue weighted by Crippen LogP contribution is 2.43.